The molecular weight excluding hydrogens is 216 g/mol. The van der Waals surface area contributed by atoms with E-state index in [2.05, 4.69) is 4.90 Å². The number of ketones is 1. The van der Waals surface area contributed by atoms with Gasteiger partial charge in [0.05, 0.1) is 6.54 Å². The van der Waals surface area contributed by atoms with Crippen LogP contribution in [0.3, 0.4) is 0 Å². The summed E-state index contributed by atoms with van der Waals surface area (Å²) in [4.78, 5) is 14.1. The first-order valence-electron chi connectivity index (χ1n) is 5.93. The molecule has 1 aliphatic heterocycles. The van der Waals surface area contributed by atoms with E-state index in [1.165, 1.54) is 0 Å². The third-order valence-electron chi connectivity index (χ3n) is 3.26. The van der Waals surface area contributed by atoms with Crippen LogP contribution in [0.2, 0.25) is 0 Å². The van der Waals surface area contributed by atoms with Gasteiger partial charge in [-0.15, -0.1) is 0 Å². The molecule has 17 heavy (non-hydrogen) atoms. The summed E-state index contributed by atoms with van der Waals surface area (Å²) in [6, 6.07) is 6.40. The fourth-order valence-electron chi connectivity index (χ4n) is 2.19. The molecule has 1 atom stereocenters. The van der Waals surface area contributed by atoms with Crippen molar-refractivity contribution in [3.05, 3.63) is 29.8 Å². The molecular formula is C13H18N2O2. The molecule has 0 bridgehead atoms. The first-order valence-corrected chi connectivity index (χ1v) is 5.93. The SMILES string of the molecule is NCC1CCN(CC(=O)c2ccc(O)cc2)C1. The van der Waals surface area contributed by atoms with E-state index in [9.17, 15) is 4.79 Å². The predicted octanol–water partition coefficient (Wildman–Crippen LogP) is 0.855. The van der Waals surface area contributed by atoms with Crippen LogP contribution in [-0.4, -0.2) is 42.0 Å². The number of hydrogen-bond acceptors (Lipinski definition) is 4. The van der Waals surface area contributed by atoms with Gasteiger partial charge in [0.25, 0.3) is 0 Å². The number of hydrogen-bond donors (Lipinski definition) is 2. The second-order valence-corrected chi connectivity index (χ2v) is 4.60. The van der Waals surface area contributed by atoms with E-state index in [1.807, 2.05) is 0 Å². The van der Waals surface area contributed by atoms with Gasteiger partial charge in [0.1, 0.15) is 5.75 Å². The molecule has 0 aliphatic carbocycles. The molecule has 1 saturated heterocycles. The Hall–Kier alpha value is -1.39. The van der Waals surface area contributed by atoms with Crippen molar-refractivity contribution in [2.45, 2.75) is 6.42 Å². The number of Topliss-reactive ketones (excluding diaryl/α,β-unsaturated/α-hetero) is 1. The highest BCUT2D eigenvalue weighted by Crippen LogP contribution is 2.16. The van der Waals surface area contributed by atoms with Gasteiger partial charge in [-0.1, -0.05) is 0 Å². The highest BCUT2D eigenvalue weighted by molar-refractivity contribution is 5.97. The Morgan fingerprint density at radius 3 is 2.71 bits per heavy atom. The zero-order chi connectivity index (χ0) is 12.3. The second-order valence-electron chi connectivity index (χ2n) is 4.60. The van der Waals surface area contributed by atoms with Gasteiger partial charge >= 0.3 is 0 Å². The summed E-state index contributed by atoms with van der Waals surface area (Å²) < 4.78 is 0. The summed E-state index contributed by atoms with van der Waals surface area (Å²) in [6.07, 6.45) is 1.08. The second kappa shape index (κ2) is 5.29. The monoisotopic (exact) mass is 234 g/mol. The number of nitrogens with two attached hydrogens (primary N) is 1. The van der Waals surface area contributed by atoms with Crippen molar-refractivity contribution in [2.24, 2.45) is 11.7 Å². The minimum absolute atomic E-state index is 0.0997. The summed E-state index contributed by atoms with van der Waals surface area (Å²) >= 11 is 0. The number of phenols is 1. The van der Waals surface area contributed by atoms with E-state index in [0.29, 0.717) is 24.6 Å². The fourth-order valence-corrected chi connectivity index (χ4v) is 2.19. The Balaban J connectivity index is 1.91. The molecule has 1 aromatic carbocycles. The van der Waals surface area contributed by atoms with Gasteiger partial charge in [-0.25, -0.2) is 0 Å². The average molecular weight is 234 g/mol. The fraction of sp³-hybridized carbons (Fsp3) is 0.462. The van der Waals surface area contributed by atoms with Crippen molar-refractivity contribution >= 4 is 5.78 Å². The molecule has 4 heteroatoms. The van der Waals surface area contributed by atoms with Gasteiger partial charge in [0, 0.05) is 12.1 Å². The lowest BCUT2D eigenvalue weighted by atomic mass is 10.1. The van der Waals surface area contributed by atoms with Crippen LogP contribution in [0.5, 0.6) is 5.75 Å². The zero-order valence-corrected chi connectivity index (χ0v) is 9.80. The molecule has 2 rings (SSSR count). The highest BCUT2D eigenvalue weighted by Gasteiger charge is 2.23. The molecule has 0 spiro atoms. The molecule has 0 saturated carbocycles. The van der Waals surface area contributed by atoms with E-state index < -0.39 is 0 Å². The normalized spacial score (nSPS) is 20.6. The van der Waals surface area contributed by atoms with E-state index in [1.54, 1.807) is 24.3 Å². The summed E-state index contributed by atoms with van der Waals surface area (Å²) in [7, 11) is 0. The van der Waals surface area contributed by atoms with Crippen LogP contribution in [0, 0.1) is 5.92 Å². The zero-order valence-electron chi connectivity index (χ0n) is 9.80. The third kappa shape index (κ3) is 3.05. The number of benzene rings is 1. The number of phenolic OH excluding ortho intramolecular Hbond substituents is 1. The number of likely N-dealkylation sites (tertiary alicyclic amines) is 1. The van der Waals surface area contributed by atoms with Gasteiger partial charge in [-0.3, -0.25) is 9.69 Å². The van der Waals surface area contributed by atoms with Crippen molar-refractivity contribution in [1.82, 2.24) is 4.90 Å². The maximum Gasteiger partial charge on any atom is 0.176 e. The van der Waals surface area contributed by atoms with Crippen LogP contribution < -0.4 is 5.73 Å². The molecule has 1 aliphatic rings. The maximum atomic E-state index is 12.0. The number of carbonyl (C=O) groups is 1. The highest BCUT2D eigenvalue weighted by atomic mass is 16.3. The Bertz CT molecular complexity index is 389. The van der Waals surface area contributed by atoms with E-state index in [4.69, 9.17) is 10.8 Å². The third-order valence-corrected chi connectivity index (χ3v) is 3.26. The number of carbonyl (C=O) groups excluding carboxylic acids is 1. The summed E-state index contributed by atoms with van der Waals surface area (Å²) in [5, 5.41) is 9.15. The Morgan fingerprint density at radius 1 is 1.41 bits per heavy atom. The van der Waals surface area contributed by atoms with E-state index >= 15 is 0 Å². The molecule has 4 nitrogen and oxygen atoms in total. The molecule has 92 valence electrons. The first-order chi connectivity index (χ1) is 8.19. The van der Waals surface area contributed by atoms with Crippen molar-refractivity contribution in [3.63, 3.8) is 0 Å². The van der Waals surface area contributed by atoms with Gasteiger partial charge in [-0.05, 0) is 49.7 Å². The molecule has 0 radical (unpaired) electrons. The summed E-state index contributed by atoms with van der Waals surface area (Å²) in [5.41, 5.74) is 6.27. The quantitative estimate of drug-likeness (QED) is 0.758. The maximum absolute atomic E-state index is 12.0. The standard InChI is InChI=1S/C13H18N2O2/c14-7-10-5-6-15(8-10)9-13(17)11-1-3-12(16)4-2-11/h1-4,10,16H,5-9,14H2. The lowest BCUT2D eigenvalue weighted by Gasteiger charge is -2.14. The molecule has 1 unspecified atom stereocenters. The van der Waals surface area contributed by atoms with Crippen molar-refractivity contribution in [2.75, 3.05) is 26.2 Å². The Morgan fingerprint density at radius 2 is 2.12 bits per heavy atom. The first kappa shape index (κ1) is 12.1. The number of nitrogens with zero attached hydrogens (tertiary/aromatic N) is 1. The molecule has 1 heterocycles. The van der Waals surface area contributed by atoms with Gasteiger partial charge in [-0.2, -0.15) is 0 Å². The molecule has 0 amide bonds. The van der Waals surface area contributed by atoms with Crippen LogP contribution in [0.1, 0.15) is 16.8 Å². The van der Waals surface area contributed by atoms with Crippen LogP contribution >= 0.6 is 0 Å². The number of rotatable bonds is 4. The number of aromatic hydroxyl groups is 1. The van der Waals surface area contributed by atoms with Crippen molar-refractivity contribution < 1.29 is 9.90 Å². The Labute approximate surface area is 101 Å². The largest absolute Gasteiger partial charge is 0.508 e. The van der Waals surface area contributed by atoms with Crippen LogP contribution in [0.25, 0.3) is 0 Å². The van der Waals surface area contributed by atoms with Crippen LogP contribution in [-0.2, 0) is 0 Å². The lowest BCUT2D eigenvalue weighted by Crippen LogP contribution is -2.29. The van der Waals surface area contributed by atoms with Gasteiger partial charge in [0.15, 0.2) is 5.78 Å². The topological polar surface area (TPSA) is 66.6 Å². The summed E-state index contributed by atoms with van der Waals surface area (Å²) in [5.74, 6) is 0.816. The lowest BCUT2D eigenvalue weighted by molar-refractivity contribution is 0.0943. The molecule has 3 N–H and O–H groups in total. The molecule has 0 aromatic heterocycles. The summed E-state index contributed by atoms with van der Waals surface area (Å²) in [6.45, 7) is 3.01. The van der Waals surface area contributed by atoms with Crippen LogP contribution in [0.4, 0.5) is 0 Å². The smallest absolute Gasteiger partial charge is 0.176 e. The Kier molecular flexibility index (Phi) is 3.76. The molecule has 1 aromatic rings. The minimum Gasteiger partial charge on any atom is -0.508 e. The minimum atomic E-state index is 0.0997. The van der Waals surface area contributed by atoms with Gasteiger partial charge in [0.2, 0.25) is 0 Å². The van der Waals surface area contributed by atoms with E-state index in [-0.39, 0.29) is 11.5 Å². The van der Waals surface area contributed by atoms with Gasteiger partial charge < -0.3 is 10.8 Å². The predicted molar refractivity (Wildman–Crippen MR) is 66.0 cm³/mol. The molecule has 1 fully saturated rings. The van der Waals surface area contributed by atoms with E-state index in [0.717, 1.165) is 19.5 Å². The van der Waals surface area contributed by atoms with Crippen molar-refractivity contribution in [3.8, 4) is 5.75 Å². The van der Waals surface area contributed by atoms with Crippen LogP contribution in [0.15, 0.2) is 24.3 Å². The van der Waals surface area contributed by atoms with Crippen molar-refractivity contribution in [1.29, 1.82) is 0 Å². The average Bonchev–Trinajstić information content (AvgIpc) is 2.77.